The molecule has 20 heavy (non-hydrogen) atoms. The van der Waals surface area contributed by atoms with Crippen LogP contribution in [0.2, 0.25) is 0 Å². The fourth-order valence-corrected chi connectivity index (χ4v) is 2.69. The van der Waals surface area contributed by atoms with Gasteiger partial charge in [-0.2, -0.15) is 0 Å². The summed E-state index contributed by atoms with van der Waals surface area (Å²) in [4.78, 5) is 14.7. The quantitative estimate of drug-likeness (QED) is 0.768. The zero-order chi connectivity index (χ0) is 14.5. The van der Waals surface area contributed by atoms with Crippen LogP contribution in [0.5, 0.6) is 0 Å². The average Bonchev–Trinajstić information content (AvgIpc) is 2.48. The van der Waals surface area contributed by atoms with Crippen molar-refractivity contribution in [1.29, 1.82) is 0 Å². The first kappa shape index (κ1) is 14.5. The summed E-state index contributed by atoms with van der Waals surface area (Å²) in [6, 6.07) is 19.8. The zero-order valence-corrected chi connectivity index (χ0v) is 12.3. The first-order valence-electron chi connectivity index (χ1n) is 6.92. The van der Waals surface area contributed by atoms with E-state index in [9.17, 15) is 4.79 Å². The minimum Gasteiger partial charge on any atom is -0.302 e. The van der Waals surface area contributed by atoms with Crippen LogP contribution in [0.1, 0.15) is 28.9 Å². The van der Waals surface area contributed by atoms with E-state index in [-0.39, 0.29) is 17.7 Å². The highest BCUT2D eigenvalue weighted by Crippen LogP contribution is 2.29. The minimum absolute atomic E-state index is 0.0870. The van der Waals surface area contributed by atoms with E-state index in [2.05, 4.69) is 17.0 Å². The number of hydrogen-bond donors (Lipinski definition) is 0. The van der Waals surface area contributed by atoms with Gasteiger partial charge in [0.05, 0.1) is 0 Å². The summed E-state index contributed by atoms with van der Waals surface area (Å²) in [7, 11) is 4.04. The first-order valence-corrected chi connectivity index (χ1v) is 6.92. The number of carbonyl (C=O) groups excluding carboxylic acids is 1. The van der Waals surface area contributed by atoms with Crippen LogP contribution in [0.15, 0.2) is 60.7 Å². The lowest BCUT2D eigenvalue weighted by atomic mass is 9.87. The molecular formula is C18H21NO. The maximum Gasteiger partial charge on any atom is 0.167 e. The molecule has 0 saturated heterocycles. The Hall–Kier alpha value is -1.93. The van der Waals surface area contributed by atoms with Gasteiger partial charge in [0.2, 0.25) is 0 Å². The molecule has 0 spiro atoms. The molecule has 104 valence electrons. The second-order valence-electron chi connectivity index (χ2n) is 5.34. The number of nitrogens with zero attached hydrogens (tertiary/aromatic N) is 1. The van der Waals surface area contributed by atoms with E-state index < -0.39 is 0 Å². The molecule has 2 heteroatoms. The lowest BCUT2D eigenvalue weighted by molar-refractivity contribution is 0.0851. The van der Waals surface area contributed by atoms with Gasteiger partial charge < -0.3 is 4.90 Å². The van der Waals surface area contributed by atoms with Gasteiger partial charge in [-0.3, -0.25) is 4.79 Å². The van der Waals surface area contributed by atoms with Crippen molar-refractivity contribution in [2.24, 2.45) is 5.92 Å². The van der Waals surface area contributed by atoms with Crippen LogP contribution in [0, 0.1) is 5.92 Å². The Balaban J connectivity index is 2.29. The summed E-state index contributed by atoms with van der Waals surface area (Å²) in [6.45, 7) is 2.01. The van der Waals surface area contributed by atoms with Gasteiger partial charge in [-0.1, -0.05) is 67.6 Å². The SMILES string of the molecule is C[C@H](C(=O)c1ccccc1)[C@H](c1ccccc1)N(C)C. The second-order valence-corrected chi connectivity index (χ2v) is 5.34. The summed E-state index contributed by atoms with van der Waals surface area (Å²) in [5.74, 6) is 0.1000. The zero-order valence-electron chi connectivity index (χ0n) is 12.3. The van der Waals surface area contributed by atoms with Crippen molar-refractivity contribution in [2.45, 2.75) is 13.0 Å². The van der Waals surface area contributed by atoms with Crippen LogP contribution in [0.25, 0.3) is 0 Å². The summed E-state index contributed by atoms with van der Waals surface area (Å²) >= 11 is 0. The summed E-state index contributed by atoms with van der Waals surface area (Å²) in [6.07, 6.45) is 0. The highest BCUT2D eigenvalue weighted by atomic mass is 16.1. The molecule has 2 nitrogen and oxygen atoms in total. The smallest absolute Gasteiger partial charge is 0.167 e. The molecule has 0 amide bonds. The third-order valence-electron chi connectivity index (χ3n) is 3.64. The van der Waals surface area contributed by atoms with E-state index in [1.807, 2.05) is 69.6 Å². The van der Waals surface area contributed by atoms with E-state index in [0.717, 1.165) is 5.56 Å². The average molecular weight is 267 g/mol. The molecular weight excluding hydrogens is 246 g/mol. The molecule has 2 aromatic carbocycles. The van der Waals surface area contributed by atoms with Gasteiger partial charge in [0, 0.05) is 17.5 Å². The van der Waals surface area contributed by atoms with Crippen molar-refractivity contribution in [2.75, 3.05) is 14.1 Å². The van der Waals surface area contributed by atoms with E-state index in [0.29, 0.717) is 0 Å². The van der Waals surface area contributed by atoms with Gasteiger partial charge in [-0.25, -0.2) is 0 Å². The fourth-order valence-electron chi connectivity index (χ4n) is 2.69. The maximum atomic E-state index is 12.6. The number of benzene rings is 2. The number of rotatable bonds is 5. The fraction of sp³-hybridized carbons (Fsp3) is 0.278. The molecule has 0 fully saturated rings. The van der Waals surface area contributed by atoms with E-state index in [1.165, 1.54) is 5.56 Å². The Kier molecular flexibility index (Phi) is 4.70. The van der Waals surface area contributed by atoms with Crippen molar-refractivity contribution in [1.82, 2.24) is 4.90 Å². The molecule has 2 rings (SSSR count). The lowest BCUT2D eigenvalue weighted by Crippen LogP contribution is -2.30. The van der Waals surface area contributed by atoms with Crippen molar-refractivity contribution in [3.63, 3.8) is 0 Å². The number of ketones is 1. The molecule has 0 unspecified atom stereocenters. The van der Waals surface area contributed by atoms with Crippen molar-refractivity contribution < 1.29 is 4.79 Å². The Morgan fingerprint density at radius 1 is 0.900 bits per heavy atom. The summed E-state index contributed by atoms with van der Waals surface area (Å²) < 4.78 is 0. The van der Waals surface area contributed by atoms with Crippen LogP contribution in [0.4, 0.5) is 0 Å². The molecule has 0 N–H and O–H groups in total. The number of carbonyl (C=O) groups is 1. The van der Waals surface area contributed by atoms with Crippen LogP contribution >= 0.6 is 0 Å². The third kappa shape index (κ3) is 3.14. The van der Waals surface area contributed by atoms with Crippen molar-refractivity contribution in [3.8, 4) is 0 Å². The minimum atomic E-state index is -0.0881. The van der Waals surface area contributed by atoms with Gasteiger partial charge in [-0.05, 0) is 19.7 Å². The molecule has 0 radical (unpaired) electrons. The Morgan fingerprint density at radius 3 is 1.90 bits per heavy atom. The van der Waals surface area contributed by atoms with E-state index in [1.54, 1.807) is 0 Å². The normalized spacial score (nSPS) is 14.0. The first-order chi connectivity index (χ1) is 9.61. The van der Waals surface area contributed by atoms with Crippen LogP contribution in [0.3, 0.4) is 0 Å². The summed E-state index contributed by atoms with van der Waals surface area (Å²) in [5.41, 5.74) is 1.96. The molecule has 2 atom stereocenters. The Labute approximate surface area is 121 Å². The topological polar surface area (TPSA) is 20.3 Å². The molecule has 0 aliphatic heterocycles. The van der Waals surface area contributed by atoms with Gasteiger partial charge in [0.15, 0.2) is 5.78 Å². The van der Waals surface area contributed by atoms with Crippen LogP contribution in [-0.2, 0) is 0 Å². The largest absolute Gasteiger partial charge is 0.302 e. The highest BCUT2D eigenvalue weighted by molar-refractivity contribution is 5.98. The lowest BCUT2D eigenvalue weighted by Gasteiger charge is -2.29. The number of hydrogen-bond acceptors (Lipinski definition) is 2. The Morgan fingerprint density at radius 2 is 1.40 bits per heavy atom. The van der Waals surface area contributed by atoms with Crippen molar-refractivity contribution in [3.05, 3.63) is 71.8 Å². The standard InChI is InChI=1S/C18H21NO/c1-14(18(20)16-12-8-5-9-13-16)17(19(2)3)15-10-6-4-7-11-15/h4-14,17H,1-3H3/t14-,17+/m0/s1. The monoisotopic (exact) mass is 267 g/mol. The molecule has 0 saturated carbocycles. The van der Waals surface area contributed by atoms with Gasteiger partial charge in [0.25, 0.3) is 0 Å². The molecule has 0 aliphatic rings. The van der Waals surface area contributed by atoms with Gasteiger partial charge in [-0.15, -0.1) is 0 Å². The van der Waals surface area contributed by atoms with E-state index >= 15 is 0 Å². The predicted octanol–water partition coefficient (Wildman–Crippen LogP) is 3.81. The number of Topliss-reactive ketones (excluding diaryl/α,β-unsaturated/α-hetero) is 1. The van der Waals surface area contributed by atoms with Gasteiger partial charge in [0.1, 0.15) is 0 Å². The molecule has 0 bridgehead atoms. The second kappa shape index (κ2) is 6.49. The van der Waals surface area contributed by atoms with Gasteiger partial charge >= 0.3 is 0 Å². The summed E-state index contributed by atoms with van der Waals surface area (Å²) in [5, 5.41) is 0. The van der Waals surface area contributed by atoms with Crippen molar-refractivity contribution >= 4 is 5.78 Å². The van der Waals surface area contributed by atoms with Crippen LogP contribution in [-0.4, -0.2) is 24.8 Å². The van der Waals surface area contributed by atoms with E-state index in [4.69, 9.17) is 0 Å². The molecule has 0 heterocycles. The molecule has 0 aliphatic carbocycles. The van der Waals surface area contributed by atoms with Crippen LogP contribution < -0.4 is 0 Å². The predicted molar refractivity (Wildman–Crippen MR) is 82.8 cm³/mol. The maximum absolute atomic E-state index is 12.6. The molecule has 2 aromatic rings. The third-order valence-corrected chi connectivity index (χ3v) is 3.64. The molecule has 0 aromatic heterocycles. The Bertz CT molecular complexity index is 548. The highest BCUT2D eigenvalue weighted by Gasteiger charge is 2.27.